The lowest BCUT2D eigenvalue weighted by Crippen LogP contribution is -2.30. The largest absolute Gasteiger partial charge is 0.301 e. The normalized spacial score (nSPS) is 11.7. The fraction of sp³-hybridized carbons (Fsp3) is 0.235. The number of carbonyl (C=O) groups is 1. The molecule has 7 heteroatoms. The molecule has 0 saturated carbocycles. The van der Waals surface area contributed by atoms with Gasteiger partial charge in [0.25, 0.3) is 5.91 Å². The second-order valence-corrected chi connectivity index (χ2v) is 6.57. The number of fused-ring (bicyclic) bond motifs is 1. The van der Waals surface area contributed by atoms with E-state index in [1.807, 2.05) is 51.4 Å². The molecule has 1 aromatic carbocycles. The maximum absolute atomic E-state index is 11.7. The van der Waals surface area contributed by atoms with Crippen LogP contribution in [0.2, 0.25) is 0 Å². The number of likely N-dealkylation sites (N-methyl/N-ethyl adjacent to an activating group) is 1. The molecule has 0 aliphatic rings. The van der Waals surface area contributed by atoms with E-state index >= 15 is 0 Å². The summed E-state index contributed by atoms with van der Waals surface area (Å²) in [5.74, 6) is -0.152. The van der Waals surface area contributed by atoms with Crippen molar-refractivity contribution in [3.05, 3.63) is 47.1 Å². The van der Waals surface area contributed by atoms with Crippen LogP contribution >= 0.6 is 11.3 Å². The molecule has 0 atom stereocenters. The Morgan fingerprint density at radius 2 is 2.12 bits per heavy atom. The predicted octanol–water partition coefficient (Wildman–Crippen LogP) is 2.38. The molecule has 0 bridgehead atoms. The number of hydrazone groups is 1. The number of aryl methyl sites for hydroxylation is 1. The summed E-state index contributed by atoms with van der Waals surface area (Å²) >= 11 is 1.59. The molecule has 0 radical (unpaired) electrons. The van der Waals surface area contributed by atoms with Crippen molar-refractivity contribution in [3.8, 4) is 11.3 Å². The highest BCUT2D eigenvalue weighted by molar-refractivity contribution is 7.15. The maximum atomic E-state index is 11.7. The van der Waals surface area contributed by atoms with E-state index in [2.05, 4.69) is 20.3 Å². The molecule has 2 aromatic heterocycles. The van der Waals surface area contributed by atoms with Crippen LogP contribution in [0, 0.1) is 6.92 Å². The number of benzene rings is 1. The van der Waals surface area contributed by atoms with Gasteiger partial charge in [-0.2, -0.15) is 5.10 Å². The van der Waals surface area contributed by atoms with Gasteiger partial charge in [0.15, 0.2) is 4.96 Å². The first-order valence-corrected chi connectivity index (χ1v) is 8.43. The van der Waals surface area contributed by atoms with Crippen molar-refractivity contribution in [2.45, 2.75) is 6.92 Å². The Balaban J connectivity index is 1.96. The third-order valence-corrected chi connectivity index (χ3v) is 4.40. The van der Waals surface area contributed by atoms with Crippen molar-refractivity contribution in [3.63, 3.8) is 0 Å². The van der Waals surface area contributed by atoms with Crippen LogP contribution in [0.4, 0.5) is 0 Å². The summed E-state index contributed by atoms with van der Waals surface area (Å²) in [6.07, 6.45) is 1.66. The Labute approximate surface area is 144 Å². The van der Waals surface area contributed by atoms with Crippen LogP contribution in [0.1, 0.15) is 11.4 Å². The summed E-state index contributed by atoms with van der Waals surface area (Å²) < 4.78 is 2.05. The lowest BCUT2D eigenvalue weighted by molar-refractivity contribution is -0.121. The Bertz CT molecular complexity index is 879. The van der Waals surface area contributed by atoms with Crippen molar-refractivity contribution in [2.75, 3.05) is 20.6 Å². The number of rotatable bonds is 5. The van der Waals surface area contributed by atoms with Crippen LogP contribution in [-0.4, -0.2) is 47.0 Å². The van der Waals surface area contributed by atoms with Crippen molar-refractivity contribution in [1.29, 1.82) is 0 Å². The van der Waals surface area contributed by atoms with E-state index in [9.17, 15) is 4.79 Å². The van der Waals surface area contributed by atoms with Gasteiger partial charge in [-0.15, -0.1) is 11.3 Å². The molecule has 0 unspecified atom stereocenters. The van der Waals surface area contributed by atoms with Gasteiger partial charge in [-0.05, 0) is 21.0 Å². The first kappa shape index (κ1) is 16.4. The van der Waals surface area contributed by atoms with E-state index in [1.54, 1.807) is 22.5 Å². The molecule has 1 amide bonds. The van der Waals surface area contributed by atoms with Gasteiger partial charge in [0.1, 0.15) is 0 Å². The smallest absolute Gasteiger partial charge is 0.254 e. The van der Waals surface area contributed by atoms with Gasteiger partial charge in [-0.25, -0.2) is 10.4 Å². The molecule has 1 N–H and O–H groups in total. The summed E-state index contributed by atoms with van der Waals surface area (Å²) in [6, 6.07) is 9.97. The zero-order valence-electron chi connectivity index (χ0n) is 13.9. The van der Waals surface area contributed by atoms with E-state index in [4.69, 9.17) is 4.98 Å². The number of imidazole rings is 1. The van der Waals surface area contributed by atoms with Gasteiger partial charge in [0.05, 0.1) is 24.1 Å². The van der Waals surface area contributed by atoms with E-state index in [0.717, 1.165) is 27.6 Å². The molecule has 0 aliphatic carbocycles. The summed E-state index contributed by atoms with van der Waals surface area (Å²) in [5.41, 5.74) is 6.39. The Morgan fingerprint density at radius 1 is 1.38 bits per heavy atom. The number of hydrogen-bond acceptors (Lipinski definition) is 5. The molecule has 0 spiro atoms. The number of hydrogen-bond donors (Lipinski definition) is 1. The highest BCUT2D eigenvalue weighted by Crippen LogP contribution is 2.27. The fourth-order valence-corrected chi connectivity index (χ4v) is 3.31. The Kier molecular flexibility index (Phi) is 4.73. The van der Waals surface area contributed by atoms with Gasteiger partial charge in [0.2, 0.25) is 0 Å². The van der Waals surface area contributed by atoms with Crippen LogP contribution in [0.25, 0.3) is 16.2 Å². The average molecular weight is 341 g/mol. The van der Waals surface area contributed by atoms with Gasteiger partial charge >= 0.3 is 0 Å². The molecule has 124 valence electrons. The highest BCUT2D eigenvalue weighted by Gasteiger charge is 2.15. The molecule has 6 nitrogen and oxygen atoms in total. The van der Waals surface area contributed by atoms with Crippen LogP contribution < -0.4 is 5.43 Å². The van der Waals surface area contributed by atoms with E-state index < -0.39 is 0 Å². The number of nitrogens with one attached hydrogen (secondary N) is 1. The summed E-state index contributed by atoms with van der Waals surface area (Å²) in [7, 11) is 3.68. The standard InChI is InChI=1S/C17H19N5OS/c1-12-11-24-17-19-16(13-7-5-4-6-8-13)14(22(12)17)9-18-20-15(23)10-21(2)3/h4-9,11H,10H2,1-3H3,(H,20,23). The number of thiazole rings is 1. The highest BCUT2D eigenvalue weighted by atomic mass is 32.1. The zero-order chi connectivity index (χ0) is 17.1. The number of nitrogens with zero attached hydrogens (tertiary/aromatic N) is 4. The zero-order valence-corrected chi connectivity index (χ0v) is 14.7. The molecule has 24 heavy (non-hydrogen) atoms. The monoisotopic (exact) mass is 341 g/mol. The van der Waals surface area contributed by atoms with Crippen LogP contribution in [-0.2, 0) is 4.79 Å². The third kappa shape index (κ3) is 3.37. The lowest BCUT2D eigenvalue weighted by atomic mass is 10.1. The molecule has 0 fully saturated rings. The number of aromatic nitrogens is 2. The first-order chi connectivity index (χ1) is 11.6. The second kappa shape index (κ2) is 6.94. The van der Waals surface area contributed by atoms with E-state index in [0.29, 0.717) is 6.54 Å². The van der Waals surface area contributed by atoms with Gasteiger partial charge in [-0.1, -0.05) is 30.3 Å². The topological polar surface area (TPSA) is 62.0 Å². The van der Waals surface area contributed by atoms with Gasteiger partial charge < -0.3 is 4.90 Å². The van der Waals surface area contributed by atoms with Crippen LogP contribution in [0.3, 0.4) is 0 Å². The number of amides is 1. The summed E-state index contributed by atoms with van der Waals surface area (Å²) in [5, 5.41) is 6.17. The first-order valence-electron chi connectivity index (χ1n) is 7.55. The van der Waals surface area contributed by atoms with Crippen LogP contribution in [0.5, 0.6) is 0 Å². The number of carbonyl (C=O) groups excluding carboxylic acids is 1. The molecule has 3 rings (SSSR count). The Hall–Kier alpha value is -2.51. The summed E-state index contributed by atoms with van der Waals surface area (Å²) in [6.45, 7) is 2.32. The minimum Gasteiger partial charge on any atom is -0.301 e. The lowest BCUT2D eigenvalue weighted by Gasteiger charge is -2.06. The minimum absolute atomic E-state index is 0.152. The summed E-state index contributed by atoms with van der Waals surface area (Å²) in [4.78, 5) is 19.2. The molecule has 0 aliphatic heterocycles. The third-order valence-electron chi connectivity index (χ3n) is 3.45. The second-order valence-electron chi connectivity index (χ2n) is 5.74. The minimum atomic E-state index is -0.152. The SMILES string of the molecule is Cc1csc2nc(-c3ccccc3)c(C=NNC(=O)CN(C)C)n12. The quantitative estimate of drug-likeness (QED) is 0.572. The average Bonchev–Trinajstić information content (AvgIpc) is 3.08. The van der Waals surface area contributed by atoms with Crippen molar-refractivity contribution >= 4 is 28.4 Å². The molecule has 0 saturated heterocycles. The fourth-order valence-electron chi connectivity index (χ4n) is 2.44. The van der Waals surface area contributed by atoms with Crippen molar-refractivity contribution < 1.29 is 4.79 Å². The molecular formula is C17H19N5OS. The van der Waals surface area contributed by atoms with Gasteiger partial charge in [0, 0.05) is 16.6 Å². The van der Waals surface area contributed by atoms with E-state index in [1.165, 1.54) is 0 Å². The predicted molar refractivity (Wildman–Crippen MR) is 97.5 cm³/mol. The Morgan fingerprint density at radius 3 is 2.83 bits per heavy atom. The van der Waals surface area contributed by atoms with Gasteiger partial charge in [-0.3, -0.25) is 9.20 Å². The molecule has 3 aromatic rings. The van der Waals surface area contributed by atoms with Crippen molar-refractivity contribution in [1.82, 2.24) is 19.7 Å². The molecule has 2 heterocycles. The van der Waals surface area contributed by atoms with Crippen LogP contribution in [0.15, 0.2) is 40.8 Å². The van der Waals surface area contributed by atoms with Crippen molar-refractivity contribution in [2.24, 2.45) is 5.10 Å². The maximum Gasteiger partial charge on any atom is 0.254 e. The van der Waals surface area contributed by atoms with E-state index in [-0.39, 0.29) is 5.91 Å². The molecular weight excluding hydrogens is 322 g/mol.